The summed E-state index contributed by atoms with van der Waals surface area (Å²) in [7, 11) is 0. The molecular formula is C9H16O2. The van der Waals surface area contributed by atoms with Crippen molar-refractivity contribution in [1.82, 2.24) is 0 Å². The second kappa shape index (κ2) is 5.96. The second-order valence-corrected chi connectivity index (χ2v) is 3.16. The average Bonchev–Trinajstić information content (AvgIpc) is 1.81. The van der Waals surface area contributed by atoms with Gasteiger partial charge in [-0.15, -0.1) is 0 Å². The molecule has 0 aromatic rings. The highest BCUT2D eigenvalue weighted by molar-refractivity contribution is 5.32. The molecule has 0 saturated heterocycles. The summed E-state index contributed by atoms with van der Waals surface area (Å²) in [4.78, 5) is 8.36. The highest BCUT2D eigenvalue weighted by Crippen LogP contribution is 2.23. The van der Waals surface area contributed by atoms with Crippen molar-refractivity contribution in [3.8, 4) is 0 Å². The van der Waals surface area contributed by atoms with E-state index in [0.29, 0.717) is 0 Å². The van der Waals surface area contributed by atoms with Gasteiger partial charge in [0.05, 0.1) is 0 Å². The minimum Gasteiger partial charge on any atom is -0.483 e. The Morgan fingerprint density at radius 2 is 2.18 bits per heavy atom. The summed E-state index contributed by atoms with van der Waals surface area (Å²) in [5.41, 5.74) is 0. The molecule has 0 bridgehead atoms. The summed E-state index contributed by atoms with van der Waals surface area (Å²) < 4.78 is 0. The molecule has 0 fully saturated rings. The number of carbonyl (C=O) groups is 1. The van der Waals surface area contributed by atoms with Gasteiger partial charge >= 0.3 is 0 Å². The third-order valence-corrected chi connectivity index (χ3v) is 1.62. The average molecular weight is 156 g/mol. The molecule has 1 rings (SSSR count). The van der Waals surface area contributed by atoms with E-state index in [2.05, 4.69) is 26.0 Å². The van der Waals surface area contributed by atoms with Crippen LogP contribution < -0.4 is 0 Å². The molecule has 0 saturated carbocycles. The molecular weight excluding hydrogens is 140 g/mol. The van der Waals surface area contributed by atoms with Crippen LogP contribution in [-0.2, 0) is 4.79 Å². The molecule has 2 nitrogen and oxygen atoms in total. The maximum Gasteiger partial charge on any atom is 0.290 e. The Morgan fingerprint density at radius 1 is 1.73 bits per heavy atom. The zero-order chi connectivity index (χ0) is 8.69. The minimum atomic E-state index is -0.250. The lowest BCUT2D eigenvalue weighted by atomic mass is 9.87. The first-order valence-electron chi connectivity index (χ1n) is 3.95. The Labute approximate surface area is 67.9 Å². The highest BCUT2D eigenvalue weighted by Gasteiger charge is 2.10. The topological polar surface area (TPSA) is 37.3 Å². The van der Waals surface area contributed by atoms with E-state index >= 15 is 0 Å². The van der Waals surface area contributed by atoms with Crippen LogP contribution in [0.5, 0.6) is 0 Å². The van der Waals surface area contributed by atoms with Crippen LogP contribution in [0.25, 0.3) is 0 Å². The zero-order valence-corrected chi connectivity index (χ0v) is 7.16. The van der Waals surface area contributed by atoms with Gasteiger partial charge in [0.25, 0.3) is 6.47 Å². The first kappa shape index (κ1) is 10.2. The summed E-state index contributed by atoms with van der Waals surface area (Å²) in [6.07, 6.45) is 7.29. The number of allylic oxidation sites excluding steroid dienone is 2. The van der Waals surface area contributed by atoms with Crippen LogP contribution in [0, 0.1) is 11.8 Å². The molecule has 1 aliphatic carbocycles. The first-order chi connectivity index (χ1) is 5.20. The van der Waals surface area contributed by atoms with Crippen molar-refractivity contribution in [1.29, 1.82) is 0 Å². The van der Waals surface area contributed by atoms with Crippen molar-refractivity contribution in [3.63, 3.8) is 0 Å². The van der Waals surface area contributed by atoms with E-state index in [4.69, 9.17) is 9.90 Å². The minimum absolute atomic E-state index is 0.250. The molecule has 0 radical (unpaired) electrons. The molecule has 0 aromatic carbocycles. The first-order valence-corrected chi connectivity index (χ1v) is 3.95. The Balaban J connectivity index is 0.000000292. The van der Waals surface area contributed by atoms with Crippen molar-refractivity contribution >= 4 is 6.47 Å². The van der Waals surface area contributed by atoms with E-state index in [1.165, 1.54) is 12.8 Å². The van der Waals surface area contributed by atoms with Gasteiger partial charge in [0.1, 0.15) is 0 Å². The smallest absolute Gasteiger partial charge is 0.290 e. The molecule has 0 heterocycles. The van der Waals surface area contributed by atoms with Gasteiger partial charge in [0, 0.05) is 0 Å². The van der Waals surface area contributed by atoms with Crippen LogP contribution in [-0.4, -0.2) is 11.6 Å². The van der Waals surface area contributed by atoms with E-state index in [1.807, 2.05) is 0 Å². The van der Waals surface area contributed by atoms with E-state index in [0.717, 1.165) is 11.8 Å². The normalized spacial score (nSPS) is 20.1. The summed E-state index contributed by atoms with van der Waals surface area (Å²) in [6, 6.07) is 0. The predicted octanol–water partition coefficient (Wildman–Crippen LogP) is 2.31. The van der Waals surface area contributed by atoms with Gasteiger partial charge in [-0.2, -0.15) is 0 Å². The third kappa shape index (κ3) is 5.64. The van der Waals surface area contributed by atoms with Crippen molar-refractivity contribution in [2.24, 2.45) is 11.8 Å². The van der Waals surface area contributed by atoms with Gasteiger partial charge in [-0.25, -0.2) is 0 Å². The monoisotopic (exact) mass is 156 g/mol. The number of carboxylic acid groups (broad SMARTS) is 1. The van der Waals surface area contributed by atoms with Gasteiger partial charge in [-0.3, -0.25) is 4.79 Å². The summed E-state index contributed by atoms with van der Waals surface area (Å²) >= 11 is 0. The summed E-state index contributed by atoms with van der Waals surface area (Å²) in [6.45, 7) is 4.32. The van der Waals surface area contributed by atoms with Crippen LogP contribution in [0.15, 0.2) is 12.2 Å². The van der Waals surface area contributed by atoms with Gasteiger partial charge in [0.2, 0.25) is 0 Å². The zero-order valence-electron chi connectivity index (χ0n) is 7.16. The van der Waals surface area contributed by atoms with Crippen LogP contribution in [0.2, 0.25) is 0 Å². The fourth-order valence-electron chi connectivity index (χ4n) is 1.11. The Hall–Kier alpha value is -0.790. The SMILES string of the molecule is CC(C)CC1C=CC1.O=CO. The molecule has 1 aliphatic rings. The number of hydrogen-bond acceptors (Lipinski definition) is 1. The Kier molecular flexibility index (Phi) is 5.53. The Morgan fingerprint density at radius 3 is 2.27 bits per heavy atom. The highest BCUT2D eigenvalue weighted by atomic mass is 16.3. The van der Waals surface area contributed by atoms with Crippen LogP contribution >= 0.6 is 0 Å². The Bertz CT molecular complexity index is 128. The molecule has 1 N–H and O–H groups in total. The van der Waals surface area contributed by atoms with E-state index in [-0.39, 0.29) is 6.47 Å². The number of hydrogen-bond donors (Lipinski definition) is 1. The predicted molar refractivity (Wildman–Crippen MR) is 45.4 cm³/mol. The summed E-state index contributed by atoms with van der Waals surface area (Å²) in [5, 5.41) is 6.89. The lowest BCUT2D eigenvalue weighted by molar-refractivity contribution is -0.122. The van der Waals surface area contributed by atoms with Gasteiger partial charge < -0.3 is 5.11 Å². The van der Waals surface area contributed by atoms with Crippen molar-refractivity contribution in [2.45, 2.75) is 26.7 Å². The van der Waals surface area contributed by atoms with Crippen molar-refractivity contribution in [3.05, 3.63) is 12.2 Å². The van der Waals surface area contributed by atoms with Crippen LogP contribution in [0.3, 0.4) is 0 Å². The quantitative estimate of drug-likeness (QED) is 0.492. The maximum atomic E-state index is 8.36. The molecule has 1 atom stereocenters. The fourth-order valence-corrected chi connectivity index (χ4v) is 1.11. The lowest BCUT2D eigenvalue weighted by Gasteiger charge is -2.18. The van der Waals surface area contributed by atoms with Crippen LogP contribution in [0.1, 0.15) is 26.7 Å². The molecule has 0 aliphatic heterocycles. The van der Waals surface area contributed by atoms with Gasteiger partial charge in [0.15, 0.2) is 0 Å². The molecule has 0 amide bonds. The fraction of sp³-hybridized carbons (Fsp3) is 0.667. The maximum absolute atomic E-state index is 8.36. The number of rotatable bonds is 2. The molecule has 0 spiro atoms. The lowest BCUT2D eigenvalue weighted by Crippen LogP contribution is -2.05. The molecule has 2 heteroatoms. The molecule has 11 heavy (non-hydrogen) atoms. The van der Waals surface area contributed by atoms with E-state index in [9.17, 15) is 0 Å². The van der Waals surface area contributed by atoms with E-state index < -0.39 is 0 Å². The molecule has 64 valence electrons. The van der Waals surface area contributed by atoms with Crippen molar-refractivity contribution < 1.29 is 9.90 Å². The standard InChI is InChI=1S/C8H14.CH2O2/c1-7(2)6-8-4-3-5-8;2-1-3/h3-4,7-8H,5-6H2,1-2H3;1H,(H,2,3). The van der Waals surface area contributed by atoms with Crippen LogP contribution in [0.4, 0.5) is 0 Å². The largest absolute Gasteiger partial charge is 0.483 e. The van der Waals surface area contributed by atoms with Crippen molar-refractivity contribution in [2.75, 3.05) is 0 Å². The second-order valence-electron chi connectivity index (χ2n) is 3.16. The van der Waals surface area contributed by atoms with E-state index in [1.54, 1.807) is 0 Å². The molecule has 0 aromatic heterocycles. The van der Waals surface area contributed by atoms with Gasteiger partial charge in [-0.05, 0) is 24.7 Å². The summed E-state index contributed by atoms with van der Waals surface area (Å²) in [5.74, 6) is 1.81. The molecule has 1 unspecified atom stereocenters. The third-order valence-electron chi connectivity index (χ3n) is 1.62. The van der Waals surface area contributed by atoms with Gasteiger partial charge in [-0.1, -0.05) is 26.0 Å².